The molecular formula is C23H11F10I2N3O2. The van der Waals surface area contributed by atoms with E-state index in [0.29, 0.717) is 0 Å². The molecule has 1 unspecified atom stereocenters. The highest BCUT2D eigenvalue weighted by Gasteiger charge is 2.81. The van der Waals surface area contributed by atoms with Crippen LogP contribution in [0.4, 0.5) is 49.6 Å². The van der Waals surface area contributed by atoms with Crippen LogP contribution in [0.5, 0.6) is 0 Å². The Bertz CT molecular complexity index is 1470. The number of benzene rings is 2. The number of halogens is 12. The number of pyridine rings is 1. The van der Waals surface area contributed by atoms with Gasteiger partial charge < -0.3 is 11.1 Å². The maximum atomic E-state index is 15.3. The van der Waals surface area contributed by atoms with E-state index in [-0.39, 0.29) is 29.0 Å². The first kappa shape index (κ1) is 31.8. The first-order chi connectivity index (χ1) is 18.3. The summed E-state index contributed by atoms with van der Waals surface area (Å²) in [5.41, 5.74) is -4.82. The minimum Gasteiger partial charge on any atom is -0.366 e. The maximum absolute atomic E-state index is 15.3. The molecule has 0 saturated carbocycles. The first-order valence-corrected chi connectivity index (χ1v) is 12.5. The molecule has 17 heteroatoms. The van der Waals surface area contributed by atoms with Gasteiger partial charge in [0.05, 0.1) is 22.5 Å². The number of hydrogen-bond acceptors (Lipinski definition) is 3. The summed E-state index contributed by atoms with van der Waals surface area (Å²) in [5.74, 6) is -10.3. The molecule has 2 amide bonds. The van der Waals surface area contributed by atoms with Crippen molar-refractivity contribution >= 4 is 62.7 Å². The lowest BCUT2D eigenvalue weighted by Crippen LogP contribution is -2.59. The van der Waals surface area contributed by atoms with Crippen molar-refractivity contribution in [3.63, 3.8) is 0 Å². The molecule has 40 heavy (non-hydrogen) atoms. The average Bonchev–Trinajstić information content (AvgIpc) is 2.84. The first-order valence-electron chi connectivity index (χ1n) is 10.3. The quantitative estimate of drug-likeness (QED) is 0.202. The van der Waals surface area contributed by atoms with Gasteiger partial charge in [0.15, 0.2) is 0 Å². The van der Waals surface area contributed by atoms with E-state index in [1.54, 1.807) is 0 Å². The zero-order valence-electron chi connectivity index (χ0n) is 19.0. The lowest BCUT2D eigenvalue weighted by atomic mass is 9.87. The molecule has 0 aliphatic rings. The summed E-state index contributed by atoms with van der Waals surface area (Å²) in [6, 6.07) is 6.07. The minimum absolute atomic E-state index is 0.0608. The third-order valence-electron chi connectivity index (χ3n) is 5.43. The third kappa shape index (κ3) is 5.45. The van der Waals surface area contributed by atoms with Crippen molar-refractivity contribution in [2.24, 2.45) is 5.73 Å². The number of anilines is 1. The van der Waals surface area contributed by atoms with Crippen molar-refractivity contribution in [3.8, 4) is 11.3 Å². The van der Waals surface area contributed by atoms with Gasteiger partial charge in [0.25, 0.3) is 11.8 Å². The van der Waals surface area contributed by atoms with Crippen LogP contribution in [0.1, 0.15) is 26.3 Å². The second-order valence-electron chi connectivity index (χ2n) is 7.93. The number of nitrogens with two attached hydrogens (primary N) is 1. The summed E-state index contributed by atoms with van der Waals surface area (Å²) in [7, 11) is 0. The Balaban J connectivity index is 2.07. The molecule has 3 rings (SSSR count). The van der Waals surface area contributed by atoms with Gasteiger partial charge in [-0.15, -0.1) is 0 Å². The number of amides is 2. The Kier molecular flexibility index (Phi) is 8.70. The molecule has 0 aliphatic carbocycles. The molecule has 0 spiro atoms. The molecule has 5 nitrogen and oxygen atoms in total. The molecule has 2 aromatic carbocycles. The van der Waals surface area contributed by atoms with Gasteiger partial charge in [-0.1, -0.05) is 6.07 Å². The minimum atomic E-state index is -6.91. The summed E-state index contributed by atoms with van der Waals surface area (Å²) in [4.78, 5) is 28.5. The van der Waals surface area contributed by atoms with E-state index in [1.165, 1.54) is 75.6 Å². The van der Waals surface area contributed by atoms with Crippen LogP contribution in [0.15, 0.2) is 48.7 Å². The maximum Gasteiger partial charge on any atom is 0.457 e. The molecule has 1 atom stereocenters. The van der Waals surface area contributed by atoms with Gasteiger partial charge >= 0.3 is 23.9 Å². The monoisotopic (exact) mass is 805 g/mol. The van der Waals surface area contributed by atoms with E-state index in [2.05, 4.69) is 10.3 Å². The highest BCUT2D eigenvalue weighted by Crippen LogP contribution is 2.58. The second-order valence-corrected chi connectivity index (χ2v) is 10.3. The van der Waals surface area contributed by atoms with Gasteiger partial charge in [-0.25, -0.2) is 8.78 Å². The van der Waals surface area contributed by atoms with Gasteiger partial charge in [0.1, 0.15) is 5.82 Å². The molecule has 0 aliphatic heterocycles. The SMILES string of the molecule is NC(=O)c1cccnc1-c1cccc(C(=O)Nc2c(I)cc(C(F)(C(F)(F)F)C(F)(F)C(F)(F)F)cc2I)c1F. The zero-order chi connectivity index (χ0) is 30.4. The number of nitrogens with one attached hydrogen (secondary N) is 1. The van der Waals surface area contributed by atoms with Crippen LogP contribution in [0.25, 0.3) is 11.3 Å². The number of carbonyl (C=O) groups is 2. The summed E-state index contributed by atoms with van der Waals surface area (Å²) >= 11 is 2.37. The average molecular weight is 805 g/mol. The number of aromatic nitrogens is 1. The van der Waals surface area contributed by atoms with Crippen LogP contribution in [0.3, 0.4) is 0 Å². The van der Waals surface area contributed by atoms with E-state index >= 15 is 4.39 Å². The van der Waals surface area contributed by atoms with Crippen LogP contribution in [-0.2, 0) is 5.67 Å². The van der Waals surface area contributed by atoms with Crippen molar-refractivity contribution in [2.45, 2.75) is 23.9 Å². The van der Waals surface area contributed by atoms with E-state index in [9.17, 15) is 49.1 Å². The van der Waals surface area contributed by atoms with Crippen LogP contribution in [-0.4, -0.2) is 35.1 Å². The fraction of sp³-hybridized carbons (Fsp3) is 0.174. The Morgan fingerprint density at radius 1 is 0.825 bits per heavy atom. The van der Waals surface area contributed by atoms with Crippen molar-refractivity contribution in [2.75, 3.05) is 5.32 Å². The summed E-state index contributed by atoms with van der Waals surface area (Å²) in [6.07, 6.45) is -12.4. The zero-order valence-corrected chi connectivity index (χ0v) is 23.3. The second kappa shape index (κ2) is 10.9. The smallest absolute Gasteiger partial charge is 0.366 e. The molecule has 1 heterocycles. The van der Waals surface area contributed by atoms with Crippen molar-refractivity contribution < 1.29 is 53.5 Å². The Morgan fingerprint density at radius 3 is 1.88 bits per heavy atom. The molecule has 0 bridgehead atoms. The summed E-state index contributed by atoms with van der Waals surface area (Å²) in [6.45, 7) is 0. The fourth-order valence-corrected chi connectivity index (χ4v) is 5.54. The van der Waals surface area contributed by atoms with Gasteiger partial charge in [-0.05, 0) is 81.6 Å². The number of nitrogens with zero attached hydrogens (tertiary/aromatic N) is 1. The molecule has 1 aromatic heterocycles. The van der Waals surface area contributed by atoms with Gasteiger partial charge in [-0.2, -0.15) is 35.1 Å². The van der Waals surface area contributed by atoms with Crippen molar-refractivity contribution in [1.29, 1.82) is 0 Å². The van der Waals surface area contributed by atoms with Crippen molar-refractivity contribution in [1.82, 2.24) is 4.98 Å². The van der Waals surface area contributed by atoms with Gasteiger partial charge in [0.2, 0.25) is 0 Å². The topological polar surface area (TPSA) is 85.1 Å². The molecule has 0 fully saturated rings. The highest BCUT2D eigenvalue weighted by molar-refractivity contribution is 14.1. The largest absolute Gasteiger partial charge is 0.457 e. The van der Waals surface area contributed by atoms with E-state index in [0.717, 1.165) is 6.07 Å². The molecular weight excluding hydrogens is 794 g/mol. The Labute approximate surface area is 244 Å². The number of primary amides is 1. The van der Waals surface area contributed by atoms with Gasteiger partial charge in [0, 0.05) is 24.5 Å². The lowest BCUT2D eigenvalue weighted by molar-refractivity contribution is -0.389. The Hall–Kier alpha value is -2.71. The summed E-state index contributed by atoms with van der Waals surface area (Å²) < 4.78 is 136. The Morgan fingerprint density at radius 2 is 1.38 bits per heavy atom. The van der Waals surface area contributed by atoms with Crippen LogP contribution >= 0.6 is 45.2 Å². The van der Waals surface area contributed by atoms with E-state index < -0.39 is 65.5 Å². The van der Waals surface area contributed by atoms with E-state index in [1.807, 2.05) is 0 Å². The normalized spacial score (nSPS) is 14.0. The van der Waals surface area contributed by atoms with Gasteiger partial charge in [-0.3, -0.25) is 14.6 Å². The van der Waals surface area contributed by atoms with Crippen LogP contribution < -0.4 is 11.1 Å². The number of hydrogen-bond donors (Lipinski definition) is 2. The fourth-order valence-electron chi connectivity index (χ4n) is 3.50. The lowest BCUT2D eigenvalue weighted by Gasteiger charge is -2.36. The standard InChI is InChI=1S/C23H11F10I2N3O2/c24-15-10(16-12(18(36)39)5-2-6-37-16)3-1-4-11(15)19(40)38-17-13(34)7-9(8-14(17)35)20(25,22(28,29)30)21(26,27)23(31,32)33/h1-8H,(H2,36,39)(H,38,40). The molecule has 3 N–H and O–H groups in total. The number of carbonyl (C=O) groups excluding carboxylic acids is 2. The molecule has 214 valence electrons. The van der Waals surface area contributed by atoms with Crippen LogP contribution in [0.2, 0.25) is 0 Å². The number of rotatable bonds is 6. The van der Waals surface area contributed by atoms with Crippen molar-refractivity contribution in [3.05, 3.63) is 78.3 Å². The molecule has 0 saturated heterocycles. The summed E-state index contributed by atoms with van der Waals surface area (Å²) in [5, 5.41) is 2.12. The molecule has 3 aromatic rings. The third-order valence-corrected chi connectivity index (χ3v) is 7.13. The van der Waals surface area contributed by atoms with Crippen LogP contribution in [0, 0.1) is 13.0 Å². The van der Waals surface area contributed by atoms with E-state index in [4.69, 9.17) is 5.73 Å². The predicted molar refractivity (Wildman–Crippen MR) is 138 cm³/mol. The molecule has 0 radical (unpaired) electrons. The predicted octanol–water partition coefficient (Wildman–Crippen LogP) is 7.37. The number of alkyl halides is 9. The highest BCUT2D eigenvalue weighted by atomic mass is 127.